The molecule has 0 radical (unpaired) electrons. The number of aryl methyl sites for hydroxylation is 1. The predicted octanol–water partition coefficient (Wildman–Crippen LogP) is 8.53. The van der Waals surface area contributed by atoms with Crippen LogP contribution < -0.4 is 15.4 Å². The number of carbonyl (C=O) groups is 1. The summed E-state index contributed by atoms with van der Waals surface area (Å²) in [5.41, 5.74) is 2.53. The van der Waals surface area contributed by atoms with Gasteiger partial charge in [-0.1, -0.05) is 71.9 Å². The molecular formula is C32H33ClNO5PS. The molecule has 0 saturated heterocycles. The number of rotatable bonds is 14. The summed E-state index contributed by atoms with van der Waals surface area (Å²) in [5, 5.41) is 3.88. The molecule has 6 nitrogen and oxygen atoms in total. The van der Waals surface area contributed by atoms with Crippen LogP contribution in [0.15, 0.2) is 107 Å². The number of hydrogen-bond donors (Lipinski definition) is 1. The van der Waals surface area contributed by atoms with Gasteiger partial charge in [0.25, 0.3) is 0 Å². The van der Waals surface area contributed by atoms with Crippen molar-refractivity contribution in [1.29, 1.82) is 0 Å². The fraction of sp³-hybridized carbons (Fsp3) is 0.219. The van der Waals surface area contributed by atoms with Gasteiger partial charge in [0.15, 0.2) is 0 Å². The Hall–Kier alpha value is -3.06. The Kier molecular flexibility index (Phi) is 11.5. The molecule has 214 valence electrons. The van der Waals surface area contributed by atoms with Gasteiger partial charge in [-0.15, -0.1) is 0 Å². The SMILES string of the molecule is CCOP(=O)(OCC)c1cccc(NC(=O)CCc2ccc(Sc3cccc(OCc4ccccc4)c3)cc2Cl)c1. The Morgan fingerprint density at radius 2 is 1.59 bits per heavy atom. The largest absolute Gasteiger partial charge is 0.489 e. The van der Waals surface area contributed by atoms with Crippen LogP contribution >= 0.6 is 31.0 Å². The van der Waals surface area contributed by atoms with Crippen molar-refractivity contribution >= 4 is 47.9 Å². The summed E-state index contributed by atoms with van der Waals surface area (Å²) >= 11 is 8.19. The monoisotopic (exact) mass is 609 g/mol. The maximum absolute atomic E-state index is 13.1. The first-order valence-electron chi connectivity index (χ1n) is 13.4. The Morgan fingerprint density at radius 1 is 0.854 bits per heavy atom. The molecular weight excluding hydrogens is 577 g/mol. The molecule has 0 saturated carbocycles. The number of nitrogens with one attached hydrogen (secondary N) is 1. The van der Waals surface area contributed by atoms with Crippen molar-refractivity contribution in [2.75, 3.05) is 18.5 Å². The third-order valence-electron chi connectivity index (χ3n) is 5.98. The number of carbonyl (C=O) groups excluding carboxylic acids is 1. The van der Waals surface area contributed by atoms with E-state index in [0.29, 0.717) is 29.0 Å². The second-order valence-corrected chi connectivity index (χ2v) is 12.6. The van der Waals surface area contributed by atoms with E-state index in [1.807, 2.05) is 72.8 Å². The van der Waals surface area contributed by atoms with Gasteiger partial charge in [-0.05, 0) is 79.9 Å². The quantitative estimate of drug-likeness (QED) is 0.144. The predicted molar refractivity (Wildman–Crippen MR) is 167 cm³/mol. The van der Waals surface area contributed by atoms with Crippen LogP contribution in [0.5, 0.6) is 5.75 Å². The standard InChI is InChI=1S/C32H33ClNO5PS/c1-3-38-40(36,39-4-2)28-14-8-12-26(20-28)34-32(35)19-17-25-16-18-30(22-31(25)33)41-29-15-9-13-27(21-29)37-23-24-10-6-5-7-11-24/h5-16,18,20-22H,3-4,17,19,23H2,1-2H3,(H,34,35). The molecule has 41 heavy (non-hydrogen) atoms. The van der Waals surface area contributed by atoms with Crippen molar-refractivity contribution in [3.8, 4) is 5.75 Å². The fourth-order valence-electron chi connectivity index (χ4n) is 4.05. The van der Waals surface area contributed by atoms with E-state index < -0.39 is 7.60 Å². The van der Waals surface area contributed by atoms with Crippen LogP contribution in [0, 0.1) is 0 Å². The first kappa shape index (κ1) is 30.9. The Labute approximate surface area is 250 Å². The highest BCUT2D eigenvalue weighted by molar-refractivity contribution is 7.99. The smallest absolute Gasteiger partial charge is 0.361 e. The maximum atomic E-state index is 13.1. The molecule has 1 amide bonds. The van der Waals surface area contributed by atoms with E-state index in [-0.39, 0.29) is 25.5 Å². The van der Waals surface area contributed by atoms with Gasteiger partial charge in [-0.25, -0.2) is 0 Å². The van der Waals surface area contributed by atoms with E-state index in [2.05, 4.69) is 5.32 Å². The molecule has 0 unspecified atom stereocenters. The summed E-state index contributed by atoms with van der Waals surface area (Å²) in [5.74, 6) is 0.628. The van der Waals surface area contributed by atoms with E-state index in [0.717, 1.165) is 26.7 Å². The van der Waals surface area contributed by atoms with Crippen LogP contribution in [0.1, 0.15) is 31.4 Å². The zero-order chi connectivity index (χ0) is 29.1. The van der Waals surface area contributed by atoms with E-state index in [9.17, 15) is 9.36 Å². The molecule has 4 aromatic rings. The van der Waals surface area contributed by atoms with Crippen molar-refractivity contribution in [2.24, 2.45) is 0 Å². The lowest BCUT2D eigenvalue weighted by atomic mass is 10.1. The highest BCUT2D eigenvalue weighted by atomic mass is 35.5. The number of amides is 1. The summed E-state index contributed by atoms with van der Waals surface area (Å²) in [7, 11) is -3.44. The highest BCUT2D eigenvalue weighted by Crippen LogP contribution is 2.47. The molecule has 0 bridgehead atoms. The van der Waals surface area contributed by atoms with Crippen molar-refractivity contribution in [3.63, 3.8) is 0 Å². The summed E-state index contributed by atoms with van der Waals surface area (Å²) < 4.78 is 29.8. The molecule has 0 spiro atoms. The lowest BCUT2D eigenvalue weighted by Crippen LogP contribution is -2.15. The first-order valence-corrected chi connectivity index (χ1v) is 16.1. The van der Waals surface area contributed by atoms with Gasteiger partial charge in [0.1, 0.15) is 12.4 Å². The third kappa shape index (κ3) is 9.22. The van der Waals surface area contributed by atoms with E-state index >= 15 is 0 Å². The Bertz CT molecular complexity index is 1490. The van der Waals surface area contributed by atoms with Crippen LogP contribution in [0.3, 0.4) is 0 Å². The van der Waals surface area contributed by atoms with E-state index in [4.69, 9.17) is 25.4 Å². The second-order valence-electron chi connectivity index (χ2n) is 9.04. The molecule has 0 fully saturated rings. The molecule has 1 N–H and O–H groups in total. The minimum absolute atomic E-state index is 0.174. The average molecular weight is 610 g/mol. The number of hydrogen-bond acceptors (Lipinski definition) is 6. The average Bonchev–Trinajstić information content (AvgIpc) is 2.97. The zero-order valence-electron chi connectivity index (χ0n) is 23.0. The van der Waals surface area contributed by atoms with Crippen LogP contribution in [0.4, 0.5) is 5.69 Å². The van der Waals surface area contributed by atoms with Crippen LogP contribution in [0.2, 0.25) is 5.02 Å². The maximum Gasteiger partial charge on any atom is 0.361 e. The number of halogens is 1. The van der Waals surface area contributed by atoms with Crippen molar-refractivity contribution in [1.82, 2.24) is 0 Å². The van der Waals surface area contributed by atoms with Crippen LogP contribution in [0.25, 0.3) is 0 Å². The van der Waals surface area contributed by atoms with E-state index in [1.165, 1.54) is 0 Å². The summed E-state index contributed by atoms with van der Waals surface area (Å²) in [6.45, 7) is 4.53. The third-order valence-corrected chi connectivity index (χ3v) is 9.42. The highest BCUT2D eigenvalue weighted by Gasteiger charge is 2.26. The molecule has 4 aromatic carbocycles. The number of anilines is 1. The number of ether oxygens (including phenoxy) is 1. The van der Waals surface area contributed by atoms with Crippen molar-refractivity contribution < 1.29 is 23.1 Å². The molecule has 0 aromatic heterocycles. The van der Waals surface area contributed by atoms with Crippen LogP contribution in [-0.2, 0) is 31.4 Å². The lowest BCUT2D eigenvalue weighted by molar-refractivity contribution is -0.116. The minimum Gasteiger partial charge on any atom is -0.489 e. The Morgan fingerprint density at radius 3 is 2.32 bits per heavy atom. The van der Waals surface area contributed by atoms with Crippen molar-refractivity contribution in [2.45, 2.75) is 43.1 Å². The molecule has 0 atom stereocenters. The normalized spacial score (nSPS) is 11.3. The molecule has 0 aliphatic heterocycles. The summed E-state index contributed by atoms with van der Waals surface area (Å²) in [6, 6.07) is 30.6. The van der Waals surface area contributed by atoms with E-state index in [1.54, 1.807) is 49.9 Å². The molecule has 9 heteroatoms. The lowest BCUT2D eigenvalue weighted by Gasteiger charge is -2.18. The summed E-state index contributed by atoms with van der Waals surface area (Å²) in [4.78, 5) is 14.7. The van der Waals surface area contributed by atoms with Gasteiger partial charge in [-0.2, -0.15) is 0 Å². The minimum atomic E-state index is -3.44. The van der Waals surface area contributed by atoms with Gasteiger partial charge < -0.3 is 19.1 Å². The van der Waals surface area contributed by atoms with Gasteiger partial charge in [0.05, 0.1) is 18.5 Å². The van der Waals surface area contributed by atoms with Gasteiger partial charge in [0, 0.05) is 26.9 Å². The van der Waals surface area contributed by atoms with Gasteiger partial charge >= 0.3 is 7.60 Å². The Balaban J connectivity index is 1.32. The topological polar surface area (TPSA) is 73.9 Å². The fourth-order valence-corrected chi connectivity index (χ4v) is 6.92. The first-order chi connectivity index (χ1) is 19.9. The van der Waals surface area contributed by atoms with Gasteiger partial charge in [0.2, 0.25) is 5.91 Å². The molecule has 4 rings (SSSR count). The molecule has 0 aliphatic carbocycles. The molecule has 0 aliphatic rings. The zero-order valence-corrected chi connectivity index (χ0v) is 25.5. The molecule has 0 heterocycles. The summed E-state index contributed by atoms with van der Waals surface area (Å²) in [6.07, 6.45) is 0.723. The van der Waals surface area contributed by atoms with Gasteiger partial charge in [-0.3, -0.25) is 9.36 Å². The second kappa shape index (κ2) is 15.2. The van der Waals surface area contributed by atoms with Crippen molar-refractivity contribution in [3.05, 3.63) is 113 Å². The number of benzene rings is 4. The van der Waals surface area contributed by atoms with Crippen LogP contribution in [-0.4, -0.2) is 19.1 Å².